The molecular weight excluding hydrogens is 430 g/mol. The molecule has 1 saturated heterocycles. The Morgan fingerprint density at radius 1 is 0.886 bits per heavy atom. The topological polar surface area (TPSA) is 45.2 Å². The van der Waals surface area contributed by atoms with Gasteiger partial charge in [0.1, 0.15) is 0 Å². The molecule has 1 aliphatic rings. The fourth-order valence-corrected chi connectivity index (χ4v) is 5.07. The van der Waals surface area contributed by atoms with Crippen LogP contribution in [0, 0.1) is 6.92 Å². The molecule has 0 aliphatic carbocycles. The number of benzene rings is 3. The molecule has 4 heteroatoms. The van der Waals surface area contributed by atoms with Gasteiger partial charge in [0, 0.05) is 35.3 Å². The number of likely N-dealkylation sites (tertiary alicyclic amines) is 1. The van der Waals surface area contributed by atoms with E-state index in [0.717, 1.165) is 40.0 Å². The molecule has 1 amide bonds. The van der Waals surface area contributed by atoms with Crippen LogP contribution in [0.4, 0.5) is 5.69 Å². The quantitative estimate of drug-likeness (QED) is 0.340. The Hall–Kier alpha value is -3.50. The lowest BCUT2D eigenvalue weighted by molar-refractivity contribution is 0.0939. The summed E-state index contributed by atoms with van der Waals surface area (Å²) >= 11 is 0. The number of fused-ring (bicyclic) bond motifs is 1. The fraction of sp³-hybridized carbons (Fsp3) is 0.290. The molecule has 2 atom stereocenters. The van der Waals surface area contributed by atoms with Crippen molar-refractivity contribution in [3.63, 3.8) is 0 Å². The van der Waals surface area contributed by atoms with E-state index in [2.05, 4.69) is 67.4 Å². The number of amides is 1. The van der Waals surface area contributed by atoms with Crippen molar-refractivity contribution in [3.05, 3.63) is 95.7 Å². The number of aryl methyl sites for hydroxylation is 1. The van der Waals surface area contributed by atoms with E-state index in [1.807, 2.05) is 42.5 Å². The molecule has 4 aromatic rings. The van der Waals surface area contributed by atoms with Gasteiger partial charge in [-0.2, -0.15) is 0 Å². The number of pyridine rings is 1. The lowest BCUT2D eigenvalue weighted by Crippen LogP contribution is -2.43. The molecular formula is C31H33N3O. The van der Waals surface area contributed by atoms with Crippen LogP contribution in [0.2, 0.25) is 0 Å². The molecule has 0 bridgehead atoms. The average Bonchev–Trinajstić information content (AvgIpc) is 2.87. The minimum Gasteiger partial charge on any atom is -0.322 e. The summed E-state index contributed by atoms with van der Waals surface area (Å²) in [5.41, 5.74) is 6.95. The monoisotopic (exact) mass is 463 g/mol. The molecule has 5 rings (SSSR count). The third kappa shape index (κ3) is 5.28. The number of anilines is 1. The maximum Gasteiger partial charge on any atom is 0.255 e. The van der Waals surface area contributed by atoms with Crippen molar-refractivity contribution in [2.45, 2.75) is 58.7 Å². The van der Waals surface area contributed by atoms with Crippen molar-refractivity contribution in [1.82, 2.24) is 9.88 Å². The van der Waals surface area contributed by atoms with Crippen LogP contribution in [0.1, 0.15) is 54.7 Å². The van der Waals surface area contributed by atoms with Crippen LogP contribution >= 0.6 is 0 Å². The van der Waals surface area contributed by atoms with Crippen LogP contribution < -0.4 is 5.32 Å². The number of rotatable bonds is 5. The summed E-state index contributed by atoms with van der Waals surface area (Å²) < 4.78 is 0. The zero-order chi connectivity index (χ0) is 24.4. The maximum absolute atomic E-state index is 12.8. The van der Waals surface area contributed by atoms with Crippen LogP contribution in [0.15, 0.2) is 78.9 Å². The second kappa shape index (κ2) is 10.0. The van der Waals surface area contributed by atoms with Crippen molar-refractivity contribution in [1.29, 1.82) is 0 Å². The van der Waals surface area contributed by atoms with E-state index in [9.17, 15) is 4.79 Å². The first-order valence-corrected chi connectivity index (χ1v) is 12.6. The Morgan fingerprint density at radius 2 is 1.54 bits per heavy atom. The van der Waals surface area contributed by atoms with Gasteiger partial charge in [0.05, 0.1) is 11.2 Å². The van der Waals surface area contributed by atoms with E-state index < -0.39 is 0 Å². The van der Waals surface area contributed by atoms with Gasteiger partial charge in [0.2, 0.25) is 0 Å². The number of nitrogens with one attached hydrogen (secondary N) is 1. The summed E-state index contributed by atoms with van der Waals surface area (Å²) in [6, 6.07) is 27.5. The SMILES string of the molecule is Cc1ccc(-c2ccc(C(=O)Nc3ccc4nc(CN5C(C)CCCC5C)ccc4c3)cc2)cc1. The van der Waals surface area contributed by atoms with E-state index >= 15 is 0 Å². The third-order valence-electron chi connectivity index (χ3n) is 7.26. The molecule has 1 aliphatic heterocycles. The predicted octanol–water partition coefficient (Wildman–Crippen LogP) is 7.23. The highest BCUT2D eigenvalue weighted by Gasteiger charge is 2.24. The molecule has 1 N–H and O–H groups in total. The first-order valence-electron chi connectivity index (χ1n) is 12.6. The number of carbonyl (C=O) groups is 1. The van der Waals surface area contributed by atoms with Gasteiger partial charge in [-0.3, -0.25) is 14.7 Å². The molecule has 1 fully saturated rings. The molecule has 2 heterocycles. The first kappa shape index (κ1) is 23.3. The highest BCUT2D eigenvalue weighted by Crippen LogP contribution is 2.26. The summed E-state index contributed by atoms with van der Waals surface area (Å²) in [5, 5.41) is 4.06. The van der Waals surface area contributed by atoms with Crippen LogP contribution in [-0.2, 0) is 6.54 Å². The number of nitrogens with zero attached hydrogens (tertiary/aromatic N) is 2. The Labute approximate surface area is 208 Å². The van der Waals surface area contributed by atoms with Crippen LogP contribution in [0.3, 0.4) is 0 Å². The smallest absolute Gasteiger partial charge is 0.255 e. The van der Waals surface area contributed by atoms with Crippen molar-refractivity contribution in [3.8, 4) is 11.1 Å². The van der Waals surface area contributed by atoms with Gasteiger partial charge in [-0.25, -0.2) is 0 Å². The van der Waals surface area contributed by atoms with E-state index in [-0.39, 0.29) is 5.91 Å². The lowest BCUT2D eigenvalue weighted by Gasteiger charge is -2.38. The van der Waals surface area contributed by atoms with Gasteiger partial charge in [-0.15, -0.1) is 0 Å². The van der Waals surface area contributed by atoms with Gasteiger partial charge in [0.25, 0.3) is 5.91 Å². The largest absolute Gasteiger partial charge is 0.322 e. The minimum atomic E-state index is -0.113. The van der Waals surface area contributed by atoms with E-state index in [1.54, 1.807) is 0 Å². The van der Waals surface area contributed by atoms with Crippen molar-refractivity contribution < 1.29 is 4.79 Å². The van der Waals surface area contributed by atoms with Gasteiger partial charge in [-0.1, -0.05) is 54.4 Å². The highest BCUT2D eigenvalue weighted by atomic mass is 16.1. The van der Waals surface area contributed by atoms with Gasteiger partial charge in [-0.05, 0) is 81.1 Å². The normalized spacial score (nSPS) is 18.5. The summed E-state index contributed by atoms with van der Waals surface area (Å²) in [4.78, 5) is 20.3. The summed E-state index contributed by atoms with van der Waals surface area (Å²) in [5.74, 6) is -0.113. The van der Waals surface area contributed by atoms with Crippen LogP contribution in [0.5, 0.6) is 0 Å². The molecule has 2 unspecified atom stereocenters. The highest BCUT2D eigenvalue weighted by molar-refractivity contribution is 6.05. The fourth-order valence-electron chi connectivity index (χ4n) is 5.07. The van der Waals surface area contributed by atoms with Crippen molar-refractivity contribution in [2.75, 3.05) is 5.32 Å². The Kier molecular flexibility index (Phi) is 6.65. The zero-order valence-electron chi connectivity index (χ0n) is 20.8. The predicted molar refractivity (Wildman–Crippen MR) is 145 cm³/mol. The Morgan fingerprint density at radius 3 is 2.23 bits per heavy atom. The second-order valence-corrected chi connectivity index (χ2v) is 9.91. The number of hydrogen-bond acceptors (Lipinski definition) is 3. The lowest BCUT2D eigenvalue weighted by atomic mass is 9.97. The standard InChI is InChI=1S/C31H33N3O/c1-21-7-9-24(10-8-21)25-11-13-26(14-12-25)31(35)33-28-17-18-30-27(19-28)15-16-29(32-30)20-34-22(2)5-4-6-23(34)3/h7-19,22-23H,4-6,20H2,1-3H3,(H,33,35). The number of carbonyl (C=O) groups excluding carboxylic acids is 1. The molecule has 178 valence electrons. The second-order valence-electron chi connectivity index (χ2n) is 9.91. The Balaban J connectivity index is 1.27. The number of piperidine rings is 1. The Bertz CT molecular complexity index is 1320. The summed E-state index contributed by atoms with van der Waals surface area (Å²) in [6.45, 7) is 7.61. The first-order chi connectivity index (χ1) is 17.0. The molecule has 0 radical (unpaired) electrons. The van der Waals surface area contributed by atoms with E-state index in [1.165, 1.54) is 24.8 Å². The van der Waals surface area contributed by atoms with Crippen molar-refractivity contribution >= 4 is 22.5 Å². The van der Waals surface area contributed by atoms with Crippen LogP contribution in [0.25, 0.3) is 22.0 Å². The third-order valence-corrected chi connectivity index (χ3v) is 7.26. The van der Waals surface area contributed by atoms with Gasteiger partial charge in [0.15, 0.2) is 0 Å². The van der Waals surface area contributed by atoms with E-state index in [0.29, 0.717) is 17.6 Å². The number of hydrogen-bond donors (Lipinski definition) is 1. The minimum absolute atomic E-state index is 0.113. The van der Waals surface area contributed by atoms with Gasteiger partial charge >= 0.3 is 0 Å². The van der Waals surface area contributed by atoms with Crippen LogP contribution in [-0.4, -0.2) is 27.9 Å². The van der Waals surface area contributed by atoms with Crippen molar-refractivity contribution in [2.24, 2.45) is 0 Å². The summed E-state index contributed by atoms with van der Waals surface area (Å²) in [6.07, 6.45) is 3.83. The van der Waals surface area contributed by atoms with Gasteiger partial charge < -0.3 is 5.32 Å². The molecule has 35 heavy (non-hydrogen) atoms. The van der Waals surface area contributed by atoms with E-state index in [4.69, 9.17) is 4.98 Å². The molecule has 1 aromatic heterocycles. The maximum atomic E-state index is 12.8. The number of aromatic nitrogens is 1. The average molecular weight is 464 g/mol. The molecule has 0 saturated carbocycles. The summed E-state index contributed by atoms with van der Waals surface area (Å²) in [7, 11) is 0. The molecule has 3 aromatic carbocycles. The molecule has 0 spiro atoms. The molecule has 4 nitrogen and oxygen atoms in total. The zero-order valence-corrected chi connectivity index (χ0v) is 20.8.